The van der Waals surface area contributed by atoms with Gasteiger partial charge in [0, 0.05) is 32.7 Å². The molecule has 2 aromatic rings. The minimum absolute atomic E-state index is 0.200. The molecule has 2 fully saturated rings. The second-order valence-electron chi connectivity index (χ2n) is 10.4. The number of aliphatic hydroxyl groups is 4. The molecule has 246 valence electrons. The molecule has 0 spiro atoms. The van der Waals surface area contributed by atoms with E-state index in [2.05, 4.69) is 10.3 Å². The summed E-state index contributed by atoms with van der Waals surface area (Å²) in [5, 5.41) is 73.3. The third-order valence-electron chi connectivity index (χ3n) is 7.37. The molecule has 0 aliphatic carbocycles. The lowest BCUT2D eigenvalue weighted by atomic mass is 9.96. The minimum atomic E-state index is -1.87. The number of carboxylic acids is 1. The lowest BCUT2D eigenvalue weighted by Gasteiger charge is -2.45. The number of carbonyl (C=O) groups is 2. The van der Waals surface area contributed by atoms with E-state index in [0.717, 1.165) is 18.2 Å². The fourth-order valence-corrected chi connectivity index (χ4v) is 4.91. The van der Waals surface area contributed by atoms with E-state index in [0.29, 0.717) is 18.7 Å². The van der Waals surface area contributed by atoms with Gasteiger partial charge in [-0.25, -0.2) is 4.79 Å². The van der Waals surface area contributed by atoms with Crippen LogP contribution < -0.4 is 5.32 Å². The highest BCUT2D eigenvalue weighted by atomic mass is 16.7. The summed E-state index contributed by atoms with van der Waals surface area (Å²) in [4.78, 5) is 29.4. The van der Waals surface area contributed by atoms with Gasteiger partial charge in [0.15, 0.2) is 36.3 Å². The second-order valence-corrected chi connectivity index (χ2v) is 10.4. The van der Waals surface area contributed by atoms with Crippen LogP contribution in [0.3, 0.4) is 0 Å². The topological polar surface area (TPSA) is 246 Å². The van der Waals surface area contributed by atoms with Crippen molar-refractivity contribution in [2.24, 2.45) is 4.99 Å². The average molecular weight is 637 g/mol. The van der Waals surface area contributed by atoms with Gasteiger partial charge in [0.1, 0.15) is 36.6 Å². The highest BCUT2D eigenvalue weighted by Crippen LogP contribution is 2.31. The van der Waals surface area contributed by atoms with Crippen LogP contribution in [-0.2, 0) is 39.7 Å². The molecule has 1 amide bonds. The maximum Gasteiger partial charge on any atom is 0.335 e. The van der Waals surface area contributed by atoms with Crippen molar-refractivity contribution in [2.75, 3.05) is 26.1 Å². The van der Waals surface area contributed by atoms with Gasteiger partial charge in [0.25, 0.3) is 5.91 Å². The Kier molecular flexibility index (Phi) is 11.4. The van der Waals surface area contributed by atoms with Gasteiger partial charge in [-0.2, -0.15) is 0 Å². The van der Waals surface area contributed by atoms with Crippen LogP contribution >= 0.6 is 0 Å². The fourth-order valence-electron chi connectivity index (χ4n) is 4.91. The zero-order valence-electron chi connectivity index (χ0n) is 24.2. The predicted octanol–water partition coefficient (Wildman–Crippen LogP) is -1.28. The number of carbonyl (C=O) groups excluding carboxylic acids is 1. The number of aliphatic carboxylic acids is 1. The first-order chi connectivity index (χ1) is 21.4. The molecule has 0 radical (unpaired) electrons. The average Bonchev–Trinajstić information content (AvgIpc) is 3.02. The number of methoxy groups -OCH3 is 2. The standard InChI is InChI=1S/C29H36N2O14/c1-41-22-18(34)21(37)29(43-23-19(35)20(36)28(42-2)45-25(23)27(39)40)44-24(22)26(38)31-15-6-3-14(4-7-15)12-30-10-9-13-5-8-16(32)17(33)11-13/h3-8,11-12,18-25,28-29,32-37H,9-10H2,1-2H3,(H,31,38)(H,39,40). The molecule has 0 saturated carbocycles. The Morgan fingerprint density at radius 1 is 0.844 bits per heavy atom. The van der Waals surface area contributed by atoms with E-state index in [-0.39, 0.29) is 11.5 Å². The Hall–Kier alpha value is -3.71. The van der Waals surface area contributed by atoms with Crippen molar-refractivity contribution in [3.05, 3.63) is 53.6 Å². The largest absolute Gasteiger partial charge is 0.504 e. The maximum absolute atomic E-state index is 13.2. The summed E-state index contributed by atoms with van der Waals surface area (Å²) in [5.74, 6) is -2.78. The third-order valence-corrected chi connectivity index (χ3v) is 7.37. The van der Waals surface area contributed by atoms with Crippen LogP contribution in [0.15, 0.2) is 47.5 Å². The molecule has 2 aliphatic rings. The molecule has 2 saturated heterocycles. The lowest BCUT2D eigenvalue weighted by molar-refractivity contribution is -0.348. The summed E-state index contributed by atoms with van der Waals surface area (Å²) >= 11 is 0. The van der Waals surface area contributed by atoms with Crippen LogP contribution in [-0.4, -0.2) is 136 Å². The Morgan fingerprint density at radius 2 is 1.49 bits per heavy atom. The van der Waals surface area contributed by atoms with E-state index in [9.17, 15) is 45.3 Å². The number of rotatable bonds is 11. The van der Waals surface area contributed by atoms with E-state index in [1.54, 1.807) is 36.5 Å². The molecule has 0 aromatic heterocycles. The van der Waals surface area contributed by atoms with E-state index in [4.69, 9.17) is 23.7 Å². The summed E-state index contributed by atoms with van der Waals surface area (Å²) in [5.41, 5.74) is 1.85. The number of phenols is 2. The number of amides is 1. The molecule has 16 heteroatoms. The van der Waals surface area contributed by atoms with Crippen LogP contribution in [0.25, 0.3) is 0 Å². The number of aliphatic imine (C=N–C) groups is 1. The Morgan fingerprint density at radius 3 is 2.11 bits per heavy atom. The number of nitrogens with one attached hydrogen (secondary N) is 1. The number of aromatic hydroxyl groups is 2. The molecule has 2 aliphatic heterocycles. The molecule has 10 unspecified atom stereocenters. The van der Waals surface area contributed by atoms with Gasteiger partial charge < -0.3 is 64.7 Å². The molecule has 4 rings (SSSR count). The summed E-state index contributed by atoms with van der Waals surface area (Å²) in [7, 11) is 2.32. The van der Waals surface area contributed by atoms with Crippen molar-refractivity contribution in [1.82, 2.24) is 0 Å². The fraction of sp³-hybridized carbons (Fsp3) is 0.483. The Balaban J connectivity index is 1.39. The SMILES string of the molecule is COC1OC(C(=O)O)C(OC2OC(C(=O)Nc3ccc(C=NCCc4ccc(O)c(O)c4)cc3)C(OC)C(O)C2O)C(O)C1O. The Bertz CT molecular complexity index is 1340. The number of ether oxygens (including phenoxy) is 5. The molecule has 2 aromatic carbocycles. The number of benzene rings is 2. The van der Waals surface area contributed by atoms with E-state index >= 15 is 0 Å². The van der Waals surface area contributed by atoms with Crippen molar-refractivity contribution in [3.63, 3.8) is 0 Å². The molecule has 2 heterocycles. The van der Waals surface area contributed by atoms with E-state index in [1.165, 1.54) is 19.2 Å². The number of nitrogens with zero attached hydrogens (tertiary/aromatic N) is 1. The zero-order valence-corrected chi connectivity index (χ0v) is 24.2. The molecule has 45 heavy (non-hydrogen) atoms. The van der Waals surface area contributed by atoms with Crippen LogP contribution in [0.4, 0.5) is 5.69 Å². The first-order valence-electron chi connectivity index (χ1n) is 13.8. The smallest absolute Gasteiger partial charge is 0.335 e. The number of anilines is 1. The van der Waals surface area contributed by atoms with E-state index in [1.807, 2.05) is 0 Å². The van der Waals surface area contributed by atoms with Gasteiger partial charge in [0.2, 0.25) is 0 Å². The van der Waals surface area contributed by atoms with Crippen molar-refractivity contribution in [1.29, 1.82) is 0 Å². The highest BCUT2D eigenvalue weighted by Gasteiger charge is 2.54. The number of aliphatic hydroxyl groups excluding tert-OH is 4. The molecular weight excluding hydrogens is 600 g/mol. The van der Waals surface area contributed by atoms with Crippen molar-refractivity contribution in [3.8, 4) is 11.5 Å². The number of phenolic OH excluding ortho intramolecular Hbond substituents is 2. The Labute approximate surface area is 257 Å². The van der Waals surface area contributed by atoms with Gasteiger partial charge in [0.05, 0.1) is 0 Å². The van der Waals surface area contributed by atoms with Gasteiger partial charge in [-0.3, -0.25) is 9.79 Å². The van der Waals surface area contributed by atoms with Crippen LogP contribution in [0.2, 0.25) is 0 Å². The maximum atomic E-state index is 13.2. The quantitative estimate of drug-likeness (QED) is 0.106. The predicted molar refractivity (Wildman–Crippen MR) is 153 cm³/mol. The molecule has 16 nitrogen and oxygen atoms in total. The van der Waals surface area contributed by atoms with Crippen molar-refractivity contribution < 1.29 is 69.0 Å². The van der Waals surface area contributed by atoms with Gasteiger partial charge in [-0.15, -0.1) is 0 Å². The van der Waals surface area contributed by atoms with Crippen molar-refractivity contribution in [2.45, 2.75) is 67.8 Å². The molecule has 10 atom stereocenters. The second kappa shape index (κ2) is 15.0. The highest BCUT2D eigenvalue weighted by molar-refractivity contribution is 5.95. The van der Waals surface area contributed by atoms with Crippen molar-refractivity contribution >= 4 is 23.8 Å². The van der Waals surface area contributed by atoms with E-state index < -0.39 is 73.3 Å². The van der Waals surface area contributed by atoms with Crippen LogP contribution in [0.5, 0.6) is 11.5 Å². The lowest BCUT2D eigenvalue weighted by Crippen LogP contribution is -2.66. The summed E-state index contributed by atoms with van der Waals surface area (Å²) in [6.45, 7) is 0.417. The van der Waals surface area contributed by atoms with Crippen LogP contribution in [0, 0.1) is 0 Å². The van der Waals surface area contributed by atoms with Gasteiger partial charge in [-0.1, -0.05) is 18.2 Å². The normalized spacial score (nSPS) is 32.0. The first kappa shape index (κ1) is 34.2. The first-order valence-corrected chi connectivity index (χ1v) is 13.8. The zero-order chi connectivity index (χ0) is 32.8. The van der Waals surface area contributed by atoms with Crippen LogP contribution in [0.1, 0.15) is 11.1 Å². The number of carboxylic acid groups (broad SMARTS) is 1. The molecule has 8 N–H and O–H groups in total. The summed E-state index contributed by atoms with van der Waals surface area (Å²) in [6.07, 6.45) is -15.0. The minimum Gasteiger partial charge on any atom is -0.504 e. The molecule has 0 bridgehead atoms. The summed E-state index contributed by atoms with van der Waals surface area (Å²) in [6, 6.07) is 11.1. The monoisotopic (exact) mass is 636 g/mol. The van der Waals surface area contributed by atoms with Gasteiger partial charge >= 0.3 is 5.97 Å². The summed E-state index contributed by atoms with van der Waals surface area (Å²) < 4.78 is 26.4. The number of hydrogen-bond acceptors (Lipinski definition) is 14. The molecular formula is C29H36N2O14. The third kappa shape index (κ3) is 7.93. The number of hydrogen-bond donors (Lipinski definition) is 8. The van der Waals surface area contributed by atoms with Gasteiger partial charge in [-0.05, 0) is 41.8 Å².